The molecule has 0 amide bonds. The molecule has 0 aromatic rings. The van der Waals surface area contributed by atoms with Crippen molar-refractivity contribution in [2.75, 3.05) is 13.1 Å². The molecule has 70 valence electrons. The molecule has 1 saturated carbocycles. The summed E-state index contributed by atoms with van der Waals surface area (Å²) < 4.78 is 0. The van der Waals surface area contributed by atoms with Gasteiger partial charge in [0.15, 0.2) is 0 Å². The van der Waals surface area contributed by atoms with Crippen LogP contribution in [0.15, 0.2) is 0 Å². The highest BCUT2D eigenvalue weighted by atomic mass is 16.3. The molecule has 1 aliphatic carbocycles. The first-order valence-electron chi connectivity index (χ1n) is 5.21. The molecule has 1 N–H and O–H groups in total. The number of hydrogen-bond acceptors (Lipinski definition) is 2. The Kier molecular flexibility index (Phi) is 2.37. The van der Waals surface area contributed by atoms with E-state index in [2.05, 4.69) is 11.8 Å². The standard InChI is InChI=1S/C10H19NO/c1-2-3-8-6-11(7-8)9-4-10(12)5-9/h8-10,12H,2-7H2,1H3. The fourth-order valence-electron chi connectivity index (χ4n) is 2.36. The number of aliphatic hydroxyl groups is 1. The maximum Gasteiger partial charge on any atom is 0.0570 e. The van der Waals surface area contributed by atoms with Crippen molar-refractivity contribution in [1.29, 1.82) is 0 Å². The zero-order valence-corrected chi connectivity index (χ0v) is 7.87. The third-order valence-electron chi connectivity index (χ3n) is 3.29. The molecule has 2 aliphatic rings. The number of hydrogen-bond donors (Lipinski definition) is 1. The van der Waals surface area contributed by atoms with Crippen molar-refractivity contribution in [3.63, 3.8) is 0 Å². The van der Waals surface area contributed by atoms with Gasteiger partial charge in [-0.1, -0.05) is 13.3 Å². The third-order valence-corrected chi connectivity index (χ3v) is 3.29. The molecule has 2 heteroatoms. The summed E-state index contributed by atoms with van der Waals surface area (Å²) in [5.41, 5.74) is 0. The lowest BCUT2D eigenvalue weighted by atomic mass is 9.83. The molecule has 1 heterocycles. The normalized spacial score (nSPS) is 37.5. The summed E-state index contributed by atoms with van der Waals surface area (Å²) in [6.45, 7) is 4.85. The molecule has 0 unspecified atom stereocenters. The van der Waals surface area contributed by atoms with Crippen LogP contribution in [0.2, 0.25) is 0 Å². The summed E-state index contributed by atoms with van der Waals surface area (Å²) in [5, 5.41) is 9.13. The van der Waals surface area contributed by atoms with Gasteiger partial charge in [-0.2, -0.15) is 0 Å². The fourth-order valence-corrected chi connectivity index (χ4v) is 2.36. The summed E-state index contributed by atoms with van der Waals surface area (Å²) in [5.74, 6) is 0.966. The second-order valence-electron chi connectivity index (χ2n) is 4.39. The van der Waals surface area contributed by atoms with Crippen LogP contribution in [0.5, 0.6) is 0 Å². The van der Waals surface area contributed by atoms with E-state index in [9.17, 15) is 0 Å². The van der Waals surface area contributed by atoms with Crippen LogP contribution in [0.4, 0.5) is 0 Å². The van der Waals surface area contributed by atoms with Crippen molar-refractivity contribution in [2.24, 2.45) is 5.92 Å². The van der Waals surface area contributed by atoms with Crippen molar-refractivity contribution in [3.05, 3.63) is 0 Å². The Balaban J connectivity index is 1.62. The van der Waals surface area contributed by atoms with Crippen LogP contribution in [0.1, 0.15) is 32.6 Å². The van der Waals surface area contributed by atoms with E-state index in [1.54, 1.807) is 0 Å². The Morgan fingerprint density at radius 3 is 2.50 bits per heavy atom. The Bertz CT molecular complexity index is 148. The van der Waals surface area contributed by atoms with E-state index < -0.39 is 0 Å². The fraction of sp³-hybridized carbons (Fsp3) is 1.00. The van der Waals surface area contributed by atoms with Crippen LogP contribution in [-0.4, -0.2) is 35.2 Å². The van der Waals surface area contributed by atoms with Crippen molar-refractivity contribution >= 4 is 0 Å². The summed E-state index contributed by atoms with van der Waals surface area (Å²) in [7, 11) is 0. The van der Waals surface area contributed by atoms with Crippen LogP contribution in [0.3, 0.4) is 0 Å². The first-order chi connectivity index (χ1) is 5.79. The molecule has 2 rings (SSSR count). The van der Waals surface area contributed by atoms with Gasteiger partial charge in [-0.05, 0) is 25.2 Å². The first-order valence-corrected chi connectivity index (χ1v) is 5.21. The monoisotopic (exact) mass is 169 g/mol. The maximum absolute atomic E-state index is 9.13. The van der Waals surface area contributed by atoms with Crippen molar-refractivity contribution in [1.82, 2.24) is 4.90 Å². The second kappa shape index (κ2) is 3.35. The molecule has 2 fully saturated rings. The van der Waals surface area contributed by atoms with Gasteiger partial charge in [0.1, 0.15) is 0 Å². The number of aliphatic hydroxyl groups excluding tert-OH is 1. The minimum Gasteiger partial charge on any atom is -0.393 e. The average Bonchev–Trinajstić information content (AvgIpc) is 1.90. The zero-order valence-electron chi connectivity index (χ0n) is 7.87. The highest BCUT2D eigenvalue weighted by molar-refractivity contribution is 4.93. The van der Waals surface area contributed by atoms with E-state index in [0.717, 1.165) is 24.8 Å². The Morgan fingerprint density at radius 2 is 2.00 bits per heavy atom. The quantitative estimate of drug-likeness (QED) is 0.687. The molecule has 0 bridgehead atoms. The zero-order chi connectivity index (χ0) is 8.55. The minimum atomic E-state index is 0.0141. The average molecular weight is 169 g/mol. The number of rotatable bonds is 3. The summed E-state index contributed by atoms with van der Waals surface area (Å²) >= 11 is 0. The molecule has 0 radical (unpaired) electrons. The minimum absolute atomic E-state index is 0.0141. The van der Waals surface area contributed by atoms with Crippen LogP contribution in [0, 0.1) is 5.92 Å². The van der Waals surface area contributed by atoms with Crippen LogP contribution < -0.4 is 0 Å². The van der Waals surface area contributed by atoms with E-state index in [-0.39, 0.29) is 6.10 Å². The lowest BCUT2D eigenvalue weighted by Crippen LogP contribution is -2.57. The highest BCUT2D eigenvalue weighted by Crippen LogP contribution is 2.32. The number of nitrogens with zero attached hydrogens (tertiary/aromatic N) is 1. The van der Waals surface area contributed by atoms with Gasteiger partial charge in [0, 0.05) is 19.1 Å². The summed E-state index contributed by atoms with van der Waals surface area (Å²) in [6.07, 6.45) is 4.79. The molecule has 0 aromatic heterocycles. The molecule has 1 saturated heterocycles. The second-order valence-corrected chi connectivity index (χ2v) is 4.39. The smallest absolute Gasteiger partial charge is 0.0570 e. The van der Waals surface area contributed by atoms with Gasteiger partial charge in [0.2, 0.25) is 0 Å². The van der Waals surface area contributed by atoms with Gasteiger partial charge < -0.3 is 5.11 Å². The molecule has 1 aliphatic heterocycles. The molecule has 0 spiro atoms. The van der Waals surface area contributed by atoms with E-state index in [0.29, 0.717) is 0 Å². The Labute approximate surface area is 74.6 Å². The van der Waals surface area contributed by atoms with Crippen molar-refractivity contribution in [2.45, 2.75) is 44.8 Å². The predicted octanol–water partition coefficient (Wildman–Crippen LogP) is 1.24. The third kappa shape index (κ3) is 1.50. The Morgan fingerprint density at radius 1 is 1.33 bits per heavy atom. The lowest BCUT2D eigenvalue weighted by molar-refractivity contribution is -0.0489. The summed E-state index contributed by atoms with van der Waals surface area (Å²) in [6, 6.07) is 0.730. The van der Waals surface area contributed by atoms with Gasteiger partial charge in [0.25, 0.3) is 0 Å². The van der Waals surface area contributed by atoms with Gasteiger partial charge >= 0.3 is 0 Å². The highest BCUT2D eigenvalue weighted by Gasteiger charge is 2.38. The van der Waals surface area contributed by atoms with E-state index in [4.69, 9.17) is 5.11 Å². The van der Waals surface area contributed by atoms with Crippen molar-refractivity contribution < 1.29 is 5.11 Å². The van der Waals surface area contributed by atoms with Gasteiger partial charge in [-0.25, -0.2) is 0 Å². The summed E-state index contributed by atoms with van der Waals surface area (Å²) in [4.78, 5) is 2.53. The molecule has 2 nitrogen and oxygen atoms in total. The molecule has 0 aromatic carbocycles. The van der Waals surface area contributed by atoms with E-state index in [1.165, 1.54) is 25.9 Å². The van der Waals surface area contributed by atoms with Crippen molar-refractivity contribution in [3.8, 4) is 0 Å². The molecule has 0 atom stereocenters. The first kappa shape index (κ1) is 8.52. The number of likely N-dealkylation sites (tertiary alicyclic amines) is 1. The van der Waals surface area contributed by atoms with Gasteiger partial charge in [-0.15, -0.1) is 0 Å². The van der Waals surface area contributed by atoms with Crippen LogP contribution in [0.25, 0.3) is 0 Å². The van der Waals surface area contributed by atoms with Gasteiger partial charge in [0.05, 0.1) is 6.10 Å². The topological polar surface area (TPSA) is 23.5 Å². The SMILES string of the molecule is CCCC1CN(C2CC(O)C2)C1. The lowest BCUT2D eigenvalue weighted by Gasteiger charge is -2.49. The largest absolute Gasteiger partial charge is 0.393 e. The maximum atomic E-state index is 9.13. The molecular weight excluding hydrogens is 150 g/mol. The Hall–Kier alpha value is -0.0800. The van der Waals surface area contributed by atoms with Gasteiger partial charge in [-0.3, -0.25) is 4.90 Å². The van der Waals surface area contributed by atoms with E-state index >= 15 is 0 Å². The molecule has 12 heavy (non-hydrogen) atoms. The van der Waals surface area contributed by atoms with Crippen LogP contribution >= 0.6 is 0 Å². The van der Waals surface area contributed by atoms with Crippen LogP contribution in [-0.2, 0) is 0 Å². The van der Waals surface area contributed by atoms with E-state index in [1.807, 2.05) is 0 Å². The molecular formula is C10H19NO. The predicted molar refractivity (Wildman–Crippen MR) is 49.0 cm³/mol.